The van der Waals surface area contributed by atoms with E-state index in [1.165, 1.54) is 51.6 Å². The first kappa shape index (κ1) is 10.1. The average molecular weight is 227 g/mol. The second-order valence-corrected chi connectivity index (χ2v) is 6.05. The van der Waals surface area contributed by atoms with Crippen LogP contribution in [0.25, 0.3) is 0 Å². The van der Waals surface area contributed by atoms with Crippen LogP contribution in [-0.2, 0) is 12.0 Å². The van der Waals surface area contributed by atoms with Crippen LogP contribution in [0.1, 0.15) is 43.2 Å². The first-order chi connectivity index (χ1) is 8.41. The van der Waals surface area contributed by atoms with Gasteiger partial charge in [-0.3, -0.25) is 4.90 Å². The summed E-state index contributed by atoms with van der Waals surface area (Å²) in [5.41, 5.74) is 3.78. The Hall–Kier alpha value is -0.820. The second-order valence-electron chi connectivity index (χ2n) is 6.05. The highest BCUT2D eigenvalue weighted by Crippen LogP contribution is 2.54. The Labute approximate surface area is 104 Å². The van der Waals surface area contributed by atoms with Gasteiger partial charge in [-0.1, -0.05) is 37.1 Å². The molecule has 0 amide bonds. The molecule has 1 saturated carbocycles. The van der Waals surface area contributed by atoms with Crippen LogP contribution in [0.3, 0.4) is 0 Å². The van der Waals surface area contributed by atoms with Gasteiger partial charge in [0.25, 0.3) is 0 Å². The smallest absolute Gasteiger partial charge is 0.0492 e. The quantitative estimate of drug-likeness (QED) is 0.657. The Morgan fingerprint density at radius 1 is 1.06 bits per heavy atom. The van der Waals surface area contributed by atoms with Crippen molar-refractivity contribution >= 4 is 0 Å². The number of rotatable bonds is 0. The van der Waals surface area contributed by atoms with Crippen LogP contribution in [0.4, 0.5) is 0 Å². The minimum Gasteiger partial charge on any atom is -0.293 e. The largest absolute Gasteiger partial charge is 0.293 e. The molecule has 1 saturated heterocycles. The number of fused-ring (bicyclic) bond motifs is 1. The Kier molecular flexibility index (Phi) is 2.14. The SMILES string of the molecule is c1ccc2c(c1)CCN1CC[C@H]3CCCC[C@@]231. The van der Waals surface area contributed by atoms with E-state index in [0.29, 0.717) is 5.54 Å². The van der Waals surface area contributed by atoms with Crippen molar-refractivity contribution in [3.05, 3.63) is 35.4 Å². The molecule has 0 N–H and O–H groups in total. The maximum Gasteiger partial charge on any atom is 0.0492 e. The molecule has 2 atom stereocenters. The lowest BCUT2D eigenvalue weighted by Crippen LogP contribution is -2.50. The van der Waals surface area contributed by atoms with E-state index in [4.69, 9.17) is 0 Å². The normalized spacial score (nSPS) is 36.1. The van der Waals surface area contributed by atoms with E-state index < -0.39 is 0 Å². The van der Waals surface area contributed by atoms with Gasteiger partial charge in [0, 0.05) is 12.1 Å². The highest BCUT2D eigenvalue weighted by Gasteiger charge is 2.52. The van der Waals surface area contributed by atoms with Crippen LogP contribution in [0.5, 0.6) is 0 Å². The summed E-state index contributed by atoms with van der Waals surface area (Å²) in [6.45, 7) is 2.65. The van der Waals surface area contributed by atoms with Gasteiger partial charge in [0.1, 0.15) is 0 Å². The molecular formula is C16H21N. The molecule has 0 unspecified atom stereocenters. The van der Waals surface area contributed by atoms with E-state index in [0.717, 1.165) is 5.92 Å². The van der Waals surface area contributed by atoms with Crippen molar-refractivity contribution < 1.29 is 0 Å². The number of nitrogens with zero attached hydrogens (tertiary/aromatic N) is 1. The molecule has 4 rings (SSSR count). The van der Waals surface area contributed by atoms with Crippen molar-refractivity contribution in [2.75, 3.05) is 13.1 Å². The second kappa shape index (κ2) is 3.58. The highest BCUT2D eigenvalue weighted by molar-refractivity contribution is 5.38. The van der Waals surface area contributed by atoms with Gasteiger partial charge in [0.15, 0.2) is 0 Å². The first-order valence-electron chi connectivity index (χ1n) is 7.25. The summed E-state index contributed by atoms with van der Waals surface area (Å²) in [6.07, 6.45) is 8.47. The molecule has 2 fully saturated rings. The van der Waals surface area contributed by atoms with Gasteiger partial charge in [-0.25, -0.2) is 0 Å². The van der Waals surface area contributed by atoms with E-state index in [9.17, 15) is 0 Å². The fourth-order valence-electron chi connectivity index (χ4n) is 4.79. The minimum absolute atomic E-state index is 0.451. The van der Waals surface area contributed by atoms with Gasteiger partial charge in [0.2, 0.25) is 0 Å². The van der Waals surface area contributed by atoms with Crippen molar-refractivity contribution in [3.63, 3.8) is 0 Å². The fraction of sp³-hybridized carbons (Fsp3) is 0.625. The summed E-state index contributed by atoms with van der Waals surface area (Å²) in [5, 5.41) is 0. The van der Waals surface area contributed by atoms with Crippen molar-refractivity contribution in [2.24, 2.45) is 5.92 Å². The number of benzene rings is 1. The van der Waals surface area contributed by atoms with Crippen molar-refractivity contribution in [2.45, 2.75) is 44.1 Å². The lowest BCUT2D eigenvalue weighted by atomic mass is 9.67. The molecule has 1 spiro atoms. The highest BCUT2D eigenvalue weighted by atomic mass is 15.2. The number of hydrogen-bond donors (Lipinski definition) is 0. The molecule has 0 radical (unpaired) electrons. The Balaban J connectivity index is 1.90. The topological polar surface area (TPSA) is 3.24 Å². The van der Waals surface area contributed by atoms with Crippen LogP contribution in [0.2, 0.25) is 0 Å². The van der Waals surface area contributed by atoms with Crippen LogP contribution in [0, 0.1) is 5.92 Å². The zero-order valence-corrected chi connectivity index (χ0v) is 10.5. The molecule has 90 valence electrons. The van der Waals surface area contributed by atoms with Crippen molar-refractivity contribution in [1.82, 2.24) is 4.90 Å². The zero-order valence-electron chi connectivity index (χ0n) is 10.5. The summed E-state index contributed by atoms with van der Waals surface area (Å²) in [5.74, 6) is 0.942. The Bertz CT molecular complexity index is 439. The summed E-state index contributed by atoms with van der Waals surface area (Å²) >= 11 is 0. The lowest BCUT2D eigenvalue weighted by Gasteiger charge is -2.49. The van der Waals surface area contributed by atoms with Crippen LogP contribution in [0.15, 0.2) is 24.3 Å². The third kappa shape index (κ3) is 1.24. The van der Waals surface area contributed by atoms with Crippen LogP contribution >= 0.6 is 0 Å². The monoisotopic (exact) mass is 227 g/mol. The fourth-order valence-corrected chi connectivity index (χ4v) is 4.79. The summed E-state index contributed by atoms with van der Waals surface area (Å²) in [7, 11) is 0. The van der Waals surface area contributed by atoms with Gasteiger partial charge < -0.3 is 0 Å². The van der Waals surface area contributed by atoms with Gasteiger partial charge in [-0.15, -0.1) is 0 Å². The Morgan fingerprint density at radius 2 is 2.00 bits per heavy atom. The molecule has 1 aliphatic carbocycles. The molecule has 1 aromatic carbocycles. The van der Waals surface area contributed by atoms with E-state index in [1.807, 2.05) is 0 Å². The molecule has 17 heavy (non-hydrogen) atoms. The van der Waals surface area contributed by atoms with Crippen molar-refractivity contribution in [1.29, 1.82) is 0 Å². The first-order valence-corrected chi connectivity index (χ1v) is 7.25. The van der Waals surface area contributed by atoms with Crippen LogP contribution < -0.4 is 0 Å². The van der Waals surface area contributed by atoms with E-state index in [1.54, 1.807) is 11.1 Å². The molecule has 1 heteroatoms. The molecular weight excluding hydrogens is 206 g/mol. The average Bonchev–Trinajstić information content (AvgIpc) is 2.78. The predicted molar refractivity (Wildman–Crippen MR) is 70.0 cm³/mol. The summed E-state index contributed by atoms with van der Waals surface area (Å²) < 4.78 is 0. The van der Waals surface area contributed by atoms with Crippen LogP contribution in [-0.4, -0.2) is 18.0 Å². The number of hydrogen-bond acceptors (Lipinski definition) is 1. The maximum absolute atomic E-state index is 2.82. The summed E-state index contributed by atoms with van der Waals surface area (Å²) in [6, 6.07) is 9.26. The molecule has 2 aliphatic heterocycles. The standard InChI is InChI=1S/C16H21N/c1-2-7-15-13(5-1)8-11-17-12-9-14-6-3-4-10-16(14,15)17/h1-2,5,7,14H,3-4,6,8-12H2/t14-,16+/m1/s1. The van der Waals surface area contributed by atoms with Gasteiger partial charge in [0.05, 0.1) is 0 Å². The molecule has 0 bridgehead atoms. The van der Waals surface area contributed by atoms with Gasteiger partial charge >= 0.3 is 0 Å². The molecule has 0 aromatic heterocycles. The van der Waals surface area contributed by atoms with E-state index in [-0.39, 0.29) is 0 Å². The van der Waals surface area contributed by atoms with Gasteiger partial charge in [-0.2, -0.15) is 0 Å². The lowest BCUT2D eigenvalue weighted by molar-refractivity contribution is 0.0504. The van der Waals surface area contributed by atoms with E-state index in [2.05, 4.69) is 29.2 Å². The van der Waals surface area contributed by atoms with Gasteiger partial charge in [-0.05, 0) is 49.3 Å². The third-order valence-corrected chi connectivity index (χ3v) is 5.48. The van der Waals surface area contributed by atoms with E-state index >= 15 is 0 Å². The predicted octanol–water partition coefficient (Wildman–Crippen LogP) is 3.33. The Morgan fingerprint density at radius 3 is 3.00 bits per heavy atom. The maximum atomic E-state index is 2.82. The third-order valence-electron chi connectivity index (χ3n) is 5.48. The molecule has 1 nitrogen and oxygen atoms in total. The molecule has 1 aromatic rings. The zero-order chi connectivity index (χ0) is 11.3. The van der Waals surface area contributed by atoms with Crippen molar-refractivity contribution in [3.8, 4) is 0 Å². The molecule has 2 heterocycles. The molecule has 3 aliphatic rings. The summed E-state index contributed by atoms with van der Waals surface area (Å²) in [4.78, 5) is 2.82. The minimum atomic E-state index is 0.451.